The Kier molecular flexibility index (Phi) is 6.88. The van der Waals surface area contributed by atoms with Gasteiger partial charge in [0.25, 0.3) is 0 Å². The van der Waals surface area contributed by atoms with Gasteiger partial charge in [0.05, 0.1) is 48.1 Å². The molecule has 1 saturated heterocycles. The van der Waals surface area contributed by atoms with E-state index in [-0.39, 0.29) is 23.8 Å². The fourth-order valence-corrected chi connectivity index (χ4v) is 6.29. The average molecular weight is 587 g/mol. The first kappa shape index (κ1) is 26.9. The van der Waals surface area contributed by atoms with Crippen molar-refractivity contribution in [2.45, 2.75) is 51.1 Å². The molecule has 0 saturated carbocycles. The van der Waals surface area contributed by atoms with Crippen molar-refractivity contribution in [2.24, 2.45) is 0 Å². The third kappa shape index (κ3) is 4.71. The summed E-state index contributed by atoms with van der Waals surface area (Å²) in [7, 11) is 1.54. The number of nitrogens with zero attached hydrogens (tertiary/aromatic N) is 4. The van der Waals surface area contributed by atoms with Gasteiger partial charge in [0, 0.05) is 36.5 Å². The predicted molar refractivity (Wildman–Crippen MR) is 158 cm³/mol. The molecule has 3 aliphatic rings. The number of halogens is 1. The molecular weight excluding hydrogens is 556 g/mol. The normalized spacial score (nSPS) is 21.4. The van der Waals surface area contributed by atoms with Crippen LogP contribution in [0.25, 0.3) is 17.1 Å². The van der Waals surface area contributed by atoms with Crippen molar-refractivity contribution in [2.75, 3.05) is 20.3 Å². The number of pyridine rings is 1. The molecule has 10 heteroatoms. The average Bonchev–Trinajstić information content (AvgIpc) is 3.32. The van der Waals surface area contributed by atoms with Gasteiger partial charge < -0.3 is 23.9 Å². The Morgan fingerprint density at radius 2 is 2.10 bits per heavy atom. The third-order valence-corrected chi connectivity index (χ3v) is 8.80. The lowest BCUT2D eigenvalue weighted by Gasteiger charge is -2.38. The number of hydrogen-bond acceptors (Lipinski definition) is 7. The fourth-order valence-electron chi connectivity index (χ4n) is 6.18. The molecule has 1 N–H and O–H groups in total. The highest BCUT2D eigenvalue weighted by Crippen LogP contribution is 2.44. The zero-order valence-corrected chi connectivity index (χ0v) is 24.2. The molecule has 3 atom stereocenters. The number of methoxy groups -OCH3 is 1. The van der Waals surface area contributed by atoms with E-state index < -0.39 is 5.97 Å². The quantitative estimate of drug-likeness (QED) is 0.288. The molecule has 7 rings (SSSR count). The van der Waals surface area contributed by atoms with Crippen molar-refractivity contribution in [3.05, 3.63) is 87.5 Å². The molecule has 42 heavy (non-hydrogen) atoms. The maximum absolute atomic E-state index is 11.9. The van der Waals surface area contributed by atoms with Crippen molar-refractivity contribution in [3.63, 3.8) is 0 Å². The van der Waals surface area contributed by atoms with Gasteiger partial charge in [-0.15, -0.1) is 0 Å². The van der Waals surface area contributed by atoms with Crippen LogP contribution in [-0.2, 0) is 24.2 Å². The maximum atomic E-state index is 11.9. The molecule has 5 heterocycles. The number of hydrogen-bond donors (Lipinski definition) is 1. The number of fused-ring (bicyclic) bond motifs is 4. The minimum absolute atomic E-state index is 0.0544. The standard InChI is InChI=1S/C32H31ClN4O5/c1-18-29-19(3-4-20-5-8-26(42-31(20)29)24-7-6-22(33)15-34-24)9-11-36(18)17-28-35-30-25(37(28)16-23-10-12-41-23)13-21(32(38)39)14-27(30)40-2/h3-8,13-15,18,23,26H,9-12,16-17H2,1-2H3,(H,38,39)/t18?,23-,26+/m0/s1. The van der Waals surface area contributed by atoms with Gasteiger partial charge in [-0.1, -0.05) is 29.8 Å². The van der Waals surface area contributed by atoms with Crippen molar-refractivity contribution in [1.29, 1.82) is 0 Å². The second-order valence-electron chi connectivity index (χ2n) is 11.0. The monoisotopic (exact) mass is 586 g/mol. The molecule has 1 unspecified atom stereocenters. The largest absolute Gasteiger partial charge is 0.494 e. The van der Waals surface area contributed by atoms with Crippen LogP contribution in [0.5, 0.6) is 11.5 Å². The second kappa shape index (κ2) is 10.7. The molecule has 3 aliphatic heterocycles. The summed E-state index contributed by atoms with van der Waals surface area (Å²) in [4.78, 5) is 23.8. The summed E-state index contributed by atoms with van der Waals surface area (Å²) < 4.78 is 20.1. The summed E-state index contributed by atoms with van der Waals surface area (Å²) in [5.74, 6) is 1.19. The van der Waals surface area contributed by atoms with E-state index in [1.54, 1.807) is 19.4 Å². The number of ether oxygens (including phenoxy) is 3. The first-order valence-corrected chi connectivity index (χ1v) is 14.6. The Bertz CT molecular complexity index is 1710. The molecule has 0 bridgehead atoms. The molecule has 0 amide bonds. The lowest BCUT2D eigenvalue weighted by molar-refractivity contribution is -0.0592. The number of aromatic nitrogens is 3. The zero-order chi connectivity index (χ0) is 29.0. The van der Waals surface area contributed by atoms with Gasteiger partial charge in [-0.25, -0.2) is 9.78 Å². The molecule has 216 valence electrons. The molecule has 9 nitrogen and oxygen atoms in total. The Balaban J connectivity index is 1.24. The van der Waals surface area contributed by atoms with Gasteiger partial charge in [-0.05, 0) is 55.7 Å². The number of rotatable bonds is 7. The fraction of sp³-hybridized carbons (Fsp3) is 0.344. The van der Waals surface area contributed by atoms with Crippen molar-refractivity contribution in [1.82, 2.24) is 19.4 Å². The van der Waals surface area contributed by atoms with Gasteiger partial charge in [-0.2, -0.15) is 0 Å². The number of imidazole rings is 1. The summed E-state index contributed by atoms with van der Waals surface area (Å²) in [6, 6.07) is 11.3. The van der Waals surface area contributed by atoms with Crippen molar-refractivity contribution >= 4 is 34.7 Å². The third-order valence-electron chi connectivity index (χ3n) is 8.58. The molecule has 4 aromatic rings. The van der Waals surface area contributed by atoms with Gasteiger partial charge >= 0.3 is 5.97 Å². The summed E-state index contributed by atoms with van der Waals surface area (Å²) in [5, 5.41) is 10.3. The van der Waals surface area contributed by atoms with E-state index in [9.17, 15) is 9.90 Å². The number of benzene rings is 2. The summed E-state index contributed by atoms with van der Waals surface area (Å²) in [6.45, 7) is 4.99. The molecule has 1 fully saturated rings. The van der Waals surface area contributed by atoms with E-state index in [1.165, 1.54) is 17.2 Å². The molecule has 0 spiro atoms. The second-order valence-corrected chi connectivity index (χ2v) is 11.5. The van der Waals surface area contributed by atoms with Crippen LogP contribution < -0.4 is 9.47 Å². The van der Waals surface area contributed by atoms with Crippen molar-refractivity contribution in [3.8, 4) is 11.5 Å². The number of carbonyl (C=O) groups is 1. The minimum atomic E-state index is -1.00. The van der Waals surface area contributed by atoms with Gasteiger partial charge in [-0.3, -0.25) is 9.88 Å². The maximum Gasteiger partial charge on any atom is 0.335 e. The Morgan fingerprint density at radius 3 is 2.81 bits per heavy atom. The lowest BCUT2D eigenvalue weighted by Crippen LogP contribution is -2.36. The SMILES string of the molecule is COc1cc(C(=O)O)cc2c1nc(CN1CCc3ccc4c(c3C1C)O[C@@H](c1ccc(Cl)cn1)C=C4)n2C[C@@H]1CCO1. The Hall–Kier alpha value is -3.92. The van der Waals surface area contributed by atoms with Crippen LogP contribution in [0.15, 0.2) is 48.7 Å². The predicted octanol–water partition coefficient (Wildman–Crippen LogP) is 5.85. The first-order chi connectivity index (χ1) is 20.4. The highest BCUT2D eigenvalue weighted by Gasteiger charge is 2.33. The van der Waals surface area contributed by atoms with Crippen LogP contribution in [-0.4, -0.2) is 56.9 Å². The van der Waals surface area contributed by atoms with E-state index in [1.807, 2.05) is 18.2 Å². The number of carboxylic acid groups (broad SMARTS) is 1. The molecule has 2 aromatic heterocycles. The van der Waals surface area contributed by atoms with Crippen LogP contribution in [0.1, 0.15) is 64.1 Å². The molecule has 0 radical (unpaired) electrons. The molecular formula is C32H31ClN4O5. The summed E-state index contributed by atoms with van der Waals surface area (Å²) in [5.41, 5.74) is 5.88. The van der Waals surface area contributed by atoms with Crippen LogP contribution in [0, 0.1) is 0 Å². The molecule has 2 aromatic carbocycles. The van der Waals surface area contributed by atoms with E-state index in [0.717, 1.165) is 54.3 Å². The van der Waals surface area contributed by atoms with Crippen LogP contribution >= 0.6 is 11.6 Å². The Morgan fingerprint density at radius 1 is 1.24 bits per heavy atom. The van der Waals surface area contributed by atoms with E-state index >= 15 is 0 Å². The minimum Gasteiger partial charge on any atom is -0.494 e. The van der Waals surface area contributed by atoms with Crippen molar-refractivity contribution < 1.29 is 24.1 Å². The zero-order valence-electron chi connectivity index (χ0n) is 23.4. The first-order valence-electron chi connectivity index (χ1n) is 14.2. The molecule has 0 aliphatic carbocycles. The highest BCUT2D eigenvalue weighted by molar-refractivity contribution is 6.30. The van der Waals surface area contributed by atoms with E-state index in [2.05, 4.69) is 39.6 Å². The van der Waals surface area contributed by atoms with Crippen LogP contribution in [0.2, 0.25) is 5.02 Å². The lowest BCUT2D eigenvalue weighted by atomic mass is 9.89. The van der Waals surface area contributed by atoms with Crippen LogP contribution in [0.4, 0.5) is 0 Å². The smallest absolute Gasteiger partial charge is 0.335 e. The number of carboxylic acids is 1. The highest BCUT2D eigenvalue weighted by atomic mass is 35.5. The van der Waals surface area contributed by atoms with Crippen LogP contribution in [0.3, 0.4) is 0 Å². The number of aromatic carboxylic acids is 1. The van der Waals surface area contributed by atoms with E-state index in [4.69, 9.17) is 30.8 Å². The van der Waals surface area contributed by atoms with E-state index in [0.29, 0.717) is 29.4 Å². The van der Waals surface area contributed by atoms with Gasteiger partial charge in [0.15, 0.2) is 6.10 Å². The Labute approximate surface area is 248 Å². The summed E-state index contributed by atoms with van der Waals surface area (Å²) >= 11 is 6.07. The topological polar surface area (TPSA) is 98.9 Å². The summed E-state index contributed by atoms with van der Waals surface area (Å²) in [6.07, 6.45) is 7.39. The van der Waals surface area contributed by atoms with Gasteiger partial charge in [0.2, 0.25) is 0 Å². The van der Waals surface area contributed by atoms with Gasteiger partial charge in [0.1, 0.15) is 22.8 Å².